The predicted molar refractivity (Wildman–Crippen MR) is 63.5 cm³/mol. The van der Waals surface area contributed by atoms with Crippen LogP contribution >= 0.6 is 23.4 Å². The van der Waals surface area contributed by atoms with E-state index in [0.717, 1.165) is 0 Å². The van der Waals surface area contributed by atoms with Crippen LogP contribution in [0.4, 0.5) is 4.39 Å². The smallest absolute Gasteiger partial charge is 0.155 e. The molecular formula is C11H14ClFOS. The van der Waals surface area contributed by atoms with Gasteiger partial charge in [-0.3, -0.25) is 0 Å². The van der Waals surface area contributed by atoms with Crippen molar-refractivity contribution in [2.45, 2.75) is 18.7 Å². The van der Waals surface area contributed by atoms with E-state index in [0.29, 0.717) is 23.2 Å². The van der Waals surface area contributed by atoms with Crippen molar-refractivity contribution in [3.63, 3.8) is 0 Å². The van der Waals surface area contributed by atoms with Crippen LogP contribution in [0.15, 0.2) is 17.0 Å². The van der Waals surface area contributed by atoms with E-state index in [1.807, 2.05) is 0 Å². The molecule has 0 amide bonds. The lowest BCUT2D eigenvalue weighted by atomic mass is 10.2. The summed E-state index contributed by atoms with van der Waals surface area (Å²) in [5.74, 6) is 0.687. The molecule has 1 rings (SSSR count). The Kier molecular flexibility index (Phi) is 4.74. The molecule has 84 valence electrons. The summed E-state index contributed by atoms with van der Waals surface area (Å²) in [5.41, 5.74) is 0. The fraction of sp³-hybridized carbons (Fsp3) is 0.455. The van der Waals surface area contributed by atoms with Gasteiger partial charge in [0, 0.05) is 11.0 Å². The first kappa shape index (κ1) is 12.7. The van der Waals surface area contributed by atoms with Gasteiger partial charge in [-0.15, -0.1) is 11.8 Å². The first-order valence-electron chi connectivity index (χ1n) is 4.70. The molecule has 0 N–H and O–H groups in total. The highest BCUT2D eigenvalue weighted by Crippen LogP contribution is 2.30. The molecule has 0 saturated carbocycles. The van der Waals surface area contributed by atoms with Crippen molar-refractivity contribution in [1.29, 1.82) is 0 Å². The van der Waals surface area contributed by atoms with Crippen LogP contribution < -0.4 is 4.74 Å². The molecule has 0 aliphatic carbocycles. The van der Waals surface area contributed by atoms with E-state index in [4.69, 9.17) is 16.3 Å². The van der Waals surface area contributed by atoms with Gasteiger partial charge in [-0.1, -0.05) is 25.4 Å². The van der Waals surface area contributed by atoms with Gasteiger partial charge in [0.1, 0.15) is 5.75 Å². The molecule has 0 saturated heterocycles. The van der Waals surface area contributed by atoms with Gasteiger partial charge in [0.05, 0.1) is 11.6 Å². The summed E-state index contributed by atoms with van der Waals surface area (Å²) in [7, 11) is 0. The monoisotopic (exact) mass is 248 g/mol. The third-order valence-electron chi connectivity index (χ3n) is 1.77. The van der Waals surface area contributed by atoms with Crippen molar-refractivity contribution in [1.82, 2.24) is 0 Å². The van der Waals surface area contributed by atoms with Gasteiger partial charge in [0.25, 0.3) is 0 Å². The second kappa shape index (κ2) is 5.61. The largest absolute Gasteiger partial charge is 0.493 e. The molecule has 0 aliphatic rings. The lowest BCUT2D eigenvalue weighted by Crippen LogP contribution is -2.04. The SMILES string of the molecule is CSc1cc(OCC(C)C)cc(Cl)c1F. The average Bonchev–Trinajstić information content (AvgIpc) is 2.19. The molecule has 0 fully saturated rings. The maximum atomic E-state index is 13.4. The van der Waals surface area contributed by atoms with E-state index in [1.54, 1.807) is 12.3 Å². The van der Waals surface area contributed by atoms with Crippen molar-refractivity contribution < 1.29 is 9.13 Å². The van der Waals surface area contributed by atoms with E-state index in [1.165, 1.54) is 17.8 Å². The summed E-state index contributed by atoms with van der Waals surface area (Å²) in [6.45, 7) is 4.72. The molecular weight excluding hydrogens is 235 g/mol. The molecule has 4 heteroatoms. The van der Waals surface area contributed by atoms with E-state index < -0.39 is 0 Å². The summed E-state index contributed by atoms with van der Waals surface area (Å²) in [4.78, 5) is 0.515. The number of hydrogen-bond donors (Lipinski definition) is 0. The maximum Gasteiger partial charge on any atom is 0.155 e. The van der Waals surface area contributed by atoms with Crippen LogP contribution in [-0.2, 0) is 0 Å². The van der Waals surface area contributed by atoms with Crippen LogP contribution in [0, 0.1) is 11.7 Å². The Labute approximate surface area is 99.0 Å². The zero-order valence-corrected chi connectivity index (χ0v) is 10.6. The number of thioether (sulfide) groups is 1. The highest BCUT2D eigenvalue weighted by molar-refractivity contribution is 7.98. The summed E-state index contributed by atoms with van der Waals surface area (Å²) in [5, 5.41) is 0.112. The average molecular weight is 249 g/mol. The first-order chi connectivity index (χ1) is 7.04. The van der Waals surface area contributed by atoms with Gasteiger partial charge >= 0.3 is 0 Å². The Balaban J connectivity index is 2.86. The van der Waals surface area contributed by atoms with Gasteiger partial charge in [0.15, 0.2) is 5.82 Å². The number of rotatable bonds is 4. The minimum atomic E-state index is -0.374. The van der Waals surface area contributed by atoms with Crippen molar-refractivity contribution in [2.75, 3.05) is 12.9 Å². The minimum absolute atomic E-state index is 0.112. The van der Waals surface area contributed by atoms with Crippen LogP contribution in [0.1, 0.15) is 13.8 Å². The maximum absolute atomic E-state index is 13.4. The highest BCUT2D eigenvalue weighted by Gasteiger charge is 2.09. The normalized spacial score (nSPS) is 10.8. The van der Waals surface area contributed by atoms with Crippen LogP contribution in [0.2, 0.25) is 5.02 Å². The van der Waals surface area contributed by atoms with Gasteiger partial charge in [0.2, 0.25) is 0 Å². The molecule has 0 radical (unpaired) electrons. The summed E-state index contributed by atoms with van der Waals surface area (Å²) < 4.78 is 18.9. The molecule has 0 bridgehead atoms. The zero-order valence-electron chi connectivity index (χ0n) is 9.01. The molecule has 1 aromatic rings. The molecule has 0 atom stereocenters. The zero-order chi connectivity index (χ0) is 11.4. The third kappa shape index (κ3) is 3.58. The van der Waals surface area contributed by atoms with Gasteiger partial charge < -0.3 is 4.74 Å². The minimum Gasteiger partial charge on any atom is -0.493 e. The van der Waals surface area contributed by atoms with E-state index in [2.05, 4.69) is 13.8 Å². The molecule has 15 heavy (non-hydrogen) atoms. The van der Waals surface area contributed by atoms with Crippen molar-refractivity contribution in [3.05, 3.63) is 23.0 Å². The quantitative estimate of drug-likeness (QED) is 0.738. The van der Waals surface area contributed by atoms with Gasteiger partial charge in [-0.25, -0.2) is 4.39 Å². The Hall–Kier alpha value is -0.410. The Morgan fingerprint density at radius 2 is 2.13 bits per heavy atom. The van der Waals surface area contributed by atoms with E-state index in [-0.39, 0.29) is 10.8 Å². The van der Waals surface area contributed by atoms with Crippen molar-refractivity contribution in [2.24, 2.45) is 5.92 Å². The third-order valence-corrected chi connectivity index (χ3v) is 2.78. The van der Waals surface area contributed by atoms with Crippen molar-refractivity contribution in [3.8, 4) is 5.75 Å². The van der Waals surface area contributed by atoms with Crippen molar-refractivity contribution >= 4 is 23.4 Å². The lowest BCUT2D eigenvalue weighted by Gasteiger charge is -2.10. The first-order valence-corrected chi connectivity index (χ1v) is 6.30. The molecule has 0 heterocycles. The topological polar surface area (TPSA) is 9.23 Å². The fourth-order valence-corrected chi connectivity index (χ4v) is 1.82. The lowest BCUT2D eigenvalue weighted by molar-refractivity contribution is 0.270. The second-order valence-electron chi connectivity index (χ2n) is 3.63. The predicted octanol–water partition coefficient (Wildman–Crippen LogP) is 4.24. The number of hydrogen-bond acceptors (Lipinski definition) is 2. The summed E-state index contributed by atoms with van der Waals surface area (Å²) in [6, 6.07) is 3.19. The second-order valence-corrected chi connectivity index (χ2v) is 4.88. The summed E-state index contributed by atoms with van der Waals surface area (Å²) >= 11 is 7.06. The van der Waals surface area contributed by atoms with Crippen LogP contribution in [0.5, 0.6) is 5.75 Å². The molecule has 1 nitrogen and oxygen atoms in total. The van der Waals surface area contributed by atoms with Gasteiger partial charge in [-0.2, -0.15) is 0 Å². The van der Waals surface area contributed by atoms with Crippen LogP contribution in [0.3, 0.4) is 0 Å². The molecule has 0 spiro atoms. The summed E-state index contributed by atoms with van der Waals surface area (Å²) in [6.07, 6.45) is 1.81. The highest BCUT2D eigenvalue weighted by atomic mass is 35.5. The fourth-order valence-electron chi connectivity index (χ4n) is 1.03. The Morgan fingerprint density at radius 1 is 1.47 bits per heavy atom. The Morgan fingerprint density at radius 3 is 2.67 bits per heavy atom. The number of halogens is 2. The molecule has 0 aromatic heterocycles. The molecule has 0 aliphatic heterocycles. The van der Waals surface area contributed by atoms with Crippen LogP contribution in [0.25, 0.3) is 0 Å². The Bertz CT molecular complexity index is 342. The van der Waals surface area contributed by atoms with E-state index in [9.17, 15) is 4.39 Å². The number of ether oxygens (including phenoxy) is 1. The molecule has 0 unspecified atom stereocenters. The van der Waals surface area contributed by atoms with E-state index >= 15 is 0 Å². The molecule has 1 aromatic carbocycles. The number of benzene rings is 1. The standard InChI is InChI=1S/C11H14ClFOS/c1-7(2)6-14-8-4-9(12)11(13)10(5-8)15-3/h4-5,7H,6H2,1-3H3. The van der Waals surface area contributed by atoms with Crippen LogP contribution in [-0.4, -0.2) is 12.9 Å². The van der Waals surface area contributed by atoms with Gasteiger partial charge in [-0.05, 0) is 18.2 Å².